The van der Waals surface area contributed by atoms with Crippen LogP contribution in [0, 0.1) is 6.92 Å². The molecule has 7 nitrogen and oxygen atoms in total. The van der Waals surface area contributed by atoms with E-state index in [0.717, 1.165) is 11.1 Å². The number of sulfonamides is 1. The van der Waals surface area contributed by atoms with Crippen molar-refractivity contribution in [3.8, 4) is 11.5 Å². The smallest absolute Gasteiger partial charge is 0.243 e. The third-order valence-electron chi connectivity index (χ3n) is 4.93. The van der Waals surface area contributed by atoms with Crippen LogP contribution < -0.4 is 14.8 Å². The molecule has 0 aliphatic heterocycles. The average Bonchev–Trinajstić information content (AvgIpc) is 2.73. The third kappa shape index (κ3) is 5.31. The van der Waals surface area contributed by atoms with E-state index in [4.69, 9.17) is 9.47 Å². The molecular weight excluding hydrogens is 404 g/mol. The van der Waals surface area contributed by atoms with Crippen molar-refractivity contribution in [1.82, 2.24) is 4.31 Å². The summed E-state index contributed by atoms with van der Waals surface area (Å²) in [6.07, 6.45) is 0.679. The molecule has 0 aliphatic carbocycles. The maximum Gasteiger partial charge on any atom is 0.243 e. The summed E-state index contributed by atoms with van der Waals surface area (Å²) in [6, 6.07) is 10.3. The standard InChI is InChI=1S/C22H30N2O5S/c1-6-24(7-2)30(26,27)18-13-11-16(3)19(15-18)23-21(25)14-12-17-9-8-10-20(28-4)22(17)29-5/h8-11,13,15H,6-7,12,14H2,1-5H3,(H,23,25). The van der Waals surface area contributed by atoms with Crippen LogP contribution >= 0.6 is 0 Å². The summed E-state index contributed by atoms with van der Waals surface area (Å²) in [5.74, 6) is 1.01. The van der Waals surface area contributed by atoms with Gasteiger partial charge in [-0.1, -0.05) is 32.0 Å². The fraction of sp³-hybridized carbons (Fsp3) is 0.409. The molecule has 30 heavy (non-hydrogen) atoms. The summed E-state index contributed by atoms with van der Waals surface area (Å²) in [5.41, 5.74) is 2.15. The number of rotatable bonds is 10. The second-order valence-electron chi connectivity index (χ2n) is 6.77. The van der Waals surface area contributed by atoms with E-state index in [9.17, 15) is 13.2 Å². The van der Waals surface area contributed by atoms with Gasteiger partial charge in [-0.2, -0.15) is 4.31 Å². The quantitative estimate of drug-likeness (QED) is 0.617. The van der Waals surface area contributed by atoms with Crippen molar-refractivity contribution < 1.29 is 22.7 Å². The molecule has 1 amide bonds. The van der Waals surface area contributed by atoms with E-state index in [1.54, 1.807) is 46.3 Å². The van der Waals surface area contributed by atoms with Crippen LogP contribution in [0.25, 0.3) is 0 Å². The summed E-state index contributed by atoms with van der Waals surface area (Å²) in [4.78, 5) is 12.7. The Balaban J connectivity index is 2.16. The van der Waals surface area contributed by atoms with Gasteiger partial charge in [0.05, 0.1) is 19.1 Å². The molecule has 2 rings (SSSR count). The lowest BCUT2D eigenvalue weighted by Crippen LogP contribution is -2.30. The van der Waals surface area contributed by atoms with Crippen molar-refractivity contribution >= 4 is 21.6 Å². The Bertz CT molecular complexity index is 985. The third-order valence-corrected chi connectivity index (χ3v) is 6.98. The fourth-order valence-electron chi connectivity index (χ4n) is 3.22. The highest BCUT2D eigenvalue weighted by Gasteiger charge is 2.22. The molecule has 0 atom stereocenters. The van der Waals surface area contributed by atoms with Gasteiger partial charge in [-0.15, -0.1) is 0 Å². The summed E-state index contributed by atoms with van der Waals surface area (Å²) >= 11 is 0. The molecule has 0 spiro atoms. The number of amides is 1. The van der Waals surface area contributed by atoms with Crippen molar-refractivity contribution in [3.63, 3.8) is 0 Å². The summed E-state index contributed by atoms with van der Waals surface area (Å²) in [5, 5.41) is 2.84. The number of carbonyl (C=O) groups excluding carboxylic acids is 1. The Labute approximate surface area is 179 Å². The van der Waals surface area contributed by atoms with Crippen molar-refractivity contribution in [2.24, 2.45) is 0 Å². The van der Waals surface area contributed by atoms with Gasteiger partial charge in [-0.25, -0.2) is 8.42 Å². The first-order chi connectivity index (χ1) is 14.3. The highest BCUT2D eigenvalue weighted by atomic mass is 32.2. The molecule has 2 aromatic carbocycles. The number of para-hydroxylation sites is 1. The van der Waals surface area contributed by atoms with Crippen molar-refractivity contribution in [1.29, 1.82) is 0 Å². The highest BCUT2D eigenvalue weighted by Crippen LogP contribution is 2.31. The minimum atomic E-state index is -3.60. The number of nitrogens with zero attached hydrogens (tertiary/aromatic N) is 1. The number of carbonyl (C=O) groups is 1. The van der Waals surface area contributed by atoms with Crippen molar-refractivity contribution in [2.75, 3.05) is 32.6 Å². The lowest BCUT2D eigenvalue weighted by atomic mass is 10.1. The van der Waals surface area contributed by atoms with Crippen LogP contribution in [0.15, 0.2) is 41.3 Å². The van der Waals surface area contributed by atoms with Crippen LogP contribution in [0.3, 0.4) is 0 Å². The molecular formula is C22H30N2O5S. The van der Waals surface area contributed by atoms with Gasteiger partial charge in [0.25, 0.3) is 0 Å². The van der Waals surface area contributed by atoms with Gasteiger partial charge in [0, 0.05) is 25.2 Å². The molecule has 8 heteroatoms. The Morgan fingerprint density at radius 1 is 1.07 bits per heavy atom. The number of nitrogens with one attached hydrogen (secondary N) is 1. The zero-order chi connectivity index (χ0) is 22.3. The lowest BCUT2D eigenvalue weighted by Gasteiger charge is -2.19. The zero-order valence-electron chi connectivity index (χ0n) is 18.2. The molecule has 0 radical (unpaired) electrons. The second-order valence-corrected chi connectivity index (χ2v) is 8.70. The van der Waals surface area contributed by atoms with Crippen LogP contribution in [0.2, 0.25) is 0 Å². The normalized spacial score (nSPS) is 11.4. The minimum absolute atomic E-state index is 0.168. The van der Waals surface area contributed by atoms with Gasteiger partial charge in [-0.05, 0) is 42.7 Å². The van der Waals surface area contributed by atoms with Crippen molar-refractivity contribution in [2.45, 2.75) is 38.5 Å². The predicted molar refractivity (Wildman–Crippen MR) is 118 cm³/mol. The van der Waals surface area contributed by atoms with E-state index < -0.39 is 10.0 Å². The number of methoxy groups -OCH3 is 2. The first-order valence-electron chi connectivity index (χ1n) is 9.88. The van der Waals surface area contributed by atoms with E-state index >= 15 is 0 Å². The molecule has 0 unspecified atom stereocenters. The Morgan fingerprint density at radius 2 is 1.77 bits per heavy atom. The second kappa shape index (κ2) is 10.4. The fourth-order valence-corrected chi connectivity index (χ4v) is 4.71. The first kappa shape index (κ1) is 23.7. The molecule has 164 valence electrons. The maximum atomic E-state index is 12.8. The van der Waals surface area contributed by atoms with E-state index in [1.165, 1.54) is 10.4 Å². The molecule has 2 aromatic rings. The van der Waals surface area contributed by atoms with Gasteiger partial charge in [0.15, 0.2) is 11.5 Å². The van der Waals surface area contributed by atoms with Crippen LogP contribution in [0.5, 0.6) is 11.5 Å². The Kier molecular flexibility index (Phi) is 8.25. The zero-order valence-corrected chi connectivity index (χ0v) is 19.0. The van der Waals surface area contributed by atoms with Crippen LogP contribution in [0.4, 0.5) is 5.69 Å². The van der Waals surface area contributed by atoms with Crippen LogP contribution in [0.1, 0.15) is 31.4 Å². The van der Waals surface area contributed by atoms with Crippen molar-refractivity contribution in [3.05, 3.63) is 47.5 Å². The van der Waals surface area contributed by atoms with E-state index in [-0.39, 0.29) is 17.2 Å². The molecule has 0 saturated heterocycles. The van der Waals surface area contributed by atoms with Crippen LogP contribution in [-0.2, 0) is 21.2 Å². The average molecular weight is 435 g/mol. The monoisotopic (exact) mass is 434 g/mol. The Hall–Kier alpha value is -2.58. The van der Waals surface area contributed by atoms with Gasteiger partial charge in [-0.3, -0.25) is 4.79 Å². The number of ether oxygens (including phenoxy) is 2. The molecule has 0 bridgehead atoms. The Morgan fingerprint density at radius 3 is 2.37 bits per heavy atom. The van der Waals surface area contributed by atoms with Crippen LogP contribution in [-0.4, -0.2) is 45.9 Å². The summed E-state index contributed by atoms with van der Waals surface area (Å²) in [7, 11) is -0.469. The summed E-state index contributed by atoms with van der Waals surface area (Å²) < 4.78 is 37.6. The summed E-state index contributed by atoms with van der Waals surface area (Å²) in [6.45, 7) is 6.19. The number of anilines is 1. The number of hydrogen-bond donors (Lipinski definition) is 1. The molecule has 0 heterocycles. The SMILES string of the molecule is CCN(CC)S(=O)(=O)c1ccc(C)c(NC(=O)CCc2cccc(OC)c2OC)c1. The van der Waals surface area contributed by atoms with Gasteiger partial charge in [0.1, 0.15) is 0 Å². The van der Waals surface area contributed by atoms with Gasteiger partial charge in [0.2, 0.25) is 15.9 Å². The van der Waals surface area contributed by atoms with Gasteiger partial charge >= 0.3 is 0 Å². The first-order valence-corrected chi connectivity index (χ1v) is 11.3. The van der Waals surface area contributed by atoms with E-state index in [1.807, 2.05) is 19.1 Å². The number of benzene rings is 2. The maximum absolute atomic E-state index is 12.8. The molecule has 1 N–H and O–H groups in total. The minimum Gasteiger partial charge on any atom is -0.493 e. The molecule has 0 aliphatic rings. The predicted octanol–water partition coefficient (Wildman–Crippen LogP) is 3.61. The van der Waals surface area contributed by atoms with E-state index in [0.29, 0.717) is 36.7 Å². The van der Waals surface area contributed by atoms with Gasteiger partial charge < -0.3 is 14.8 Å². The highest BCUT2D eigenvalue weighted by molar-refractivity contribution is 7.89. The lowest BCUT2D eigenvalue weighted by molar-refractivity contribution is -0.116. The number of aryl methyl sites for hydroxylation is 2. The molecule has 0 fully saturated rings. The molecule has 0 saturated carbocycles. The molecule has 0 aromatic heterocycles. The topological polar surface area (TPSA) is 84.9 Å². The largest absolute Gasteiger partial charge is 0.493 e. The van der Waals surface area contributed by atoms with E-state index in [2.05, 4.69) is 5.32 Å². The number of hydrogen-bond acceptors (Lipinski definition) is 5.